The lowest BCUT2D eigenvalue weighted by atomic mass is 9.96. The molecule has 0 atom stereocenters. The average Bonchev–Trinajstić information content (AvgIpc) is 2.97. The van der Waals surface area contributed by atoms with Gasteiger partial charge in [0.1, 0.15) is 23.9 Å². The highest BCUT2D eigenvalue weighted by atomic mass is 19.1. The van der Waals surface area contributed by atoms with Crippen LogP contribution in [0.5, 0.6) is 11.5 Å². The molecule has 1 aromatic heterocycles. The molecule has 0 aliphatic rings. The summed E-state index contributed by atoms with van der Waals surface area (Å²) in [7, 11) is 0. The molecule has 0 N–H and O–H groups in total. The Bertz CT molecular complexity index is 1780. The van der Waals surface area contributed by atoms with Crippen LogP contribution in [0.15, 0.2) is 94.8 Å². The van der Waals surface area contributed by atoms with E-state index in [9.17, 15) is 9.18 Å². The standard InChI is InChI=1S/C34H32FN3O3/c1-5-40-32-18-23(4)29(19-28(32)22(2)3)33-37-30-12-8-7-11-27(30)34(39)38(33)36-20-25-10-6-9-13-31(25)41-21-24-14-16-26(35)17-15-24/h6-20,22H,5,21H2,1-4H3. The lowest BCUT2D eigenvalue weighted by molar-refractivity contribution is 0.305. The molecule has 1 heterocycles. The van der Waals surface area contributed by atoms with Crippen LogP contribution in [0, 0.1) is 12.7 Å². The smallest absolute Gasteiger partial charge is 0.282 e. The molecule has 41 heavy (non-hydrogen) atoms. The zero-order chi connectivity index (χ0) is 28.9. The molecule has 0 radical (unpaired) electrons. The van der Waals surface area contributed by atoms with Crippen LogP contribution in [-0.2, 0) is 6.61 Å². The Kier molecular flexibility index (Phi) is 8.24. The van der Waals surface area contributed by atoms with Gasteiger partial charge in [-0.15, -0.1) is 0 Å². The molecule has 0 amide bonds. The van der Waals surface area contributed by atoms with Crippen molar-refractivity contribution in [3.05, 3.63) is 123 Å². The highest BCUT2D eigenvalue weighted by molar-refractivity contribution is 5.84. The van der Waals surface area contributed by atoms with E-state index < -0.39 is 0 Å². The van der Waals surface area contributed by atoms with Crippen LogP contribution in [0.3, 0.4) is 0 Å². The Morgan fingerprint density at radius 3 is 2.44 bits per heavy atom. The van der Waals surface area contributed by atoms with Gasteiger partial charge in [-0.2, -0.15) is 9.78 Å². The predicted molar refractivity (Wildman–Crippen MR) is 162 cm³/mol. The van der Waals surface area contributed by atoms with Crippen molar-refractivity contribution < 1.29 is 13.9 Å². The van der Waals surface area contributed by atoms with Gasteiger partial charge in [-0.25, -0.2) is 9.37 Å². The largest absolute Gasteiger partial charge is 0.494 e. The van der Waals surface area contributed by atoms with Gasteiger partial charge in [0.25, 0.3) is 5.56 Å². The summed E-state index contributed by atoms with van der Waals surface area (Å²) in [4.78, 5) is 18.7. The molecule has 0 bridgehead atoms. The van der Waals surface area contributed by atoms with Crippen LogP contribution in [0.2, 0.25) is 0 Å². The number of ether oxygens (including phenoxy) is 2. The average molecular weight is 550 g/mol. The minimum absolute atomic E-state index is 0.199. The number of hydrogen-bond donors (Lipinski definition) is 0. The van der Waals surface area contributed by atoms with Gasteiger partial charge in [0.2, 0.25) is 0 Å². The number of hydrogen-bond acceptors (Lipinski definition) is 5. The third kappa shape index (κ3) is 6.04. The van der Waals surface area contributed by atoms with E-state index in [0.717, 1.165) is 28.0 Å². The Hall–Kier alpha value is -4.78. The van der Waals surface area contributed by atoms with Crippen molar-refractivity contribution in [2.45, 2.75) is 40.2 Å². The SMILES string of the molecule is CCOc1cc(C)c(-c2nc3ccccc3c(=O)n2N=Cc2ccccc2OCc2ccc(F)cc2)cc1C(C)C. The van der Waals surface area contributed by atoms with Gasteiger partial charge in [-0.3, -0.25) is 4.79 Å². The van der Waals surface area contributed by atoms with E-state index >= 15 is 0 Å². The first-order valence-electron chi connectivity index (χ1n) is 13.7. The molecule has 0 fully saturated rings. The molecule has 0 unspecified atom stereocenters. The summed E-state index contributed by atoms with van der Waals surface area (Å²) in [6.45, 7) is 8.99. The monoisotopic (exact) mass is 549 g/mol. The predicted octanol–water partition coefficient (Wildman–Crippen LogP) is 7.49. The van der Waals surface area contributed by atoms with Gasteiger partial charge in [-0.1, -0.05) is 50.2 Å². The molecule has 5 aromatic rings. The lowest BCUT2D eigenvalue weighted by Gasteiger charge is -2.18. The minimum Gasteiger partial charge on any atom is -0.494 e. The Morgan fingerprint density at radius 1 is 0.951 bits per heavy atom. The number of benzene rings is 4. The number of aryl methyl sites for hydroxylation is 1. The van der Waals surface area contributed by atoms with Gasteiger partial charge in [-0.05, 0) is 85.0 Å². The van der Waals surface area contributed by atoms with Crippen LogP contribution in [0.4, 0.5) is 4.39 Å². The molecule has 0 spiro atoms. The zero-order valence-corrected chi connectivity index (χ0v) is 23.6. The topological polar surface area (TPSA) is 65.7 Å². The van der Waals surface area contributed by atoms with Crippen molar-refractivity contribution in [1.82, 2.24) is 9.66 Å². The summed E-state index contributed by atoms with van der Waals surface area (Å²) in [5, 5.41) is 5.13. The van der Waals surface area contributed by atoms with Crippen LogP contribution >= 0.6 is 0 Å². The van der Waals surface area contributed by atoms with Gasteiger partial charge in [0.05, 0.1) is 23.7 Å². The maximum Gasteiger partial charge on any atom is 0.282 e. The second-order valence-electron chi connectivity index (χ2n) is 10.1. The van der Waals surface area contributed by atoms with Crippen molar-refractivity contribution in [1.29, 1.82) is 0 Å². The van der Waals surface area contributed by atoms with E-state index in [1.54, 1.807) is 24.4 Å². The summed E-state index contributed by atoms with van der Waals surface area (Å²) in [5.41, 5.74) is 4.61. The molecule has 4 aromatic carbocycles. The first-order valence-corrected chi connectivity index (χ1v) is 13.7. The first-order chi connectivity index (χ1) is 19.9. The number of para-hydroxylation sites is 2. The molecular formula is C34H32FN3O3. The van der Waals surface area contributed by atoms with Crippen molar-refractivity contribution in [2.75, 3.05) is 6.61 Å². The molecule has 5 rings (SSSR count). The van der Waals surface area contributed by atoms with Crippen molar-refractivity contribution in [2.24, 2.45) is 5.10 Å². The molecule has 0 aliphatic carbocycles. The van der Waals surface area contributed by atoms with E-state index in [1.807, 2.05) is 68.4 Å². The molecule has 0 aliphatic heterocycles. The number of rotatable bonds is 9. The van der Waals surface area contributed by atoms with E-state index in [4.69, 9.17) is 14.5 Å². The molecule has 7 heteroatoms. The molecular weight excluding hydrogens is 517 g/mol. The maximum absolute atomic E-state index is 13.8. The third-order valence-electron chi connectivity index (χ3n) is 6.81. The van der Waals surface area contributed by atoms with Gasteiger partial charge < -0.3 is 9.47 Å². The second kappa shape index (κ2) is 12.2. The van der Waals surface area contributed by atoms with Crippen LogP contribution < -0.4 is 15.0 Å². The highest BCUT2D eigenvalue weighted by Gasteiger charge is 2.18. The van der Waals surface area contributed by atoms with Gasteiger partial charge >= 0.3 is 0 Å². The van der Waals surface area contributed by atoms with Crippen LogP contribution in [-0.4, -0.2) is 22.5 Å². The summed E-state index contributed by atoms with van der Waals surface area (Å²) >= 11 is 0. The molecule has 6 nitrogen and oxygen atoms in total. The molecule has 208 valence electrons. The minimum atomic E-state index is -0.296. The molecule has 0 saturated carbocycles. The van der Waals surface area contributed by atoms with E-state index in [1.165, 1.54) is 16.8 Å². The Balaban J connectivity index is 1.60. The number of halogens is 1. The normalized spacial score (nSPS) is 11.5. The van der Waals surface area contributed by atoms with Crippen molar-refractivity contribution >= 4 is 17.1 Å². The van der Waals surface area contributed by atoms with E-state index in [0.29, 0.717) is 34.6 Å². The summed E-state index contributed by atoms with van der Waals surface area (Å²) in [6.07, 6.45) is 1.61. The third-order valence-corrected chi connectivity index (χ3v) is 6.81. The fourth-order valence-electron chi connectivity index (χ4n) is 4.66. The van der Waals surface area contributed by atoms with Crippen LogP contribution in [0.25, 0.3) is 22.3 Å². The number of fused-ring (bicyclic) bond motifs is 1. The van der Waals surface area contributed by atoms with E-state index in [-0.39, 0.29) is 23.9 Å². The second-order valence-corrected chi connectivity index (χ2v) is 10.1. The number of aromatic nitrogens is 2. The van der Waals surface area contributed by atoms with E-state index in [2.05, 4.69) is 18.9 Å². The van der Waals surface area contributed by atoms with Crippen molar-refractivity contribution in [3.63, 3.8) is 0 Å². The summed E-state index contributed by atoms with van der Waals surface area (Å²) in [5.74, 6) is 1.76. The number of nitrogens with zero attached hydrogens (tertiary/aromatic N) is 3. The maximum atomic E-state index is 13.8. The first kappa shape index (κ1) is 27.8. The summed E-state index contributed by atoms with van der Waals surface area (Å²) in [6, 6.07) is 24.9. The fourth-order valence-corrected chi connectivity index (χ4v) is 4.66. The quantitative estimate of drug-likeness (QED) is 0.179. The fraction of sp³-hybridized carbons (Fsp3) is 0.206. The summed E-state index contributed by atoms with van der Waals surface area (Å²) < 4.78 is 26.6. The van der Waals surface area contributed by atoms with Crippen molar-refractivity contribution in [3.8, 4) is 22.9 Å². The zero-order valence-electron chi connectivity index (χ0n) is 23.6. The Morgan fingerprint density at radius 2 is 1.68 bits per heavy atom. The lowest BCUT2D eigenvalue weighted by Crippen LogP contribution is -2.21. The van der Waals surface area contributed by atoms with Gasteiger partial charge in [0, 0.05) is 11.1 Å². The van der Waals surface area contributed by atoms with Gasteiger partial charge in [0.15, 0.2) is 5.82 Å². The highest BCUT2D eigenvalue weighted by Crippen LogP contribution is 2.34. The molecule has 0 saturated heterocycles. The van der Waals surface area contributed by atoms with Crippen LogP contribution in [0.1, 0.15) is 48.9 Å². The Labute approximate surface area is 238 Å².